The van der Waals surface area contributed by atoms with Gasteiger partial charge in [-0.2, -0.15) is 0 Å². The van der Waals surface area contributed by atoms with Gasteiger partial charge in [-0.25, -0.2) is 0 Å². The summed E-state index contributed by atoms with van der Waals surface area (Å²) in [6.07, 6.45) is 4.46. The number of rotatable bonds is 2. The summed E-state index contributed by atoms with van der Waals surface area (Å²) in [6.45, 7) is 0.856. The lowest BCUT2D eigenvalue weighted by Crippen LogP contribution is -2.03. The second-order valence-corrected chi connectivity index (χ2v) is 4.43. The van der Waals surface area contributed by atoms with Crippen molar-refractivity contribution in [1.29, 1.82) is 0 Å². The predicted molar refractivity (Wildman–Crippen MR) is 77.4 cm³/mol. The van der Waals surface area contributed by atoms with Crippen LogP contribution in [0.15, 0.2) is 29.4 Å². The molecule has 1 atom stereocenters. The van der Waals surface area contributed by atoms with Crippen molar-refractivity contribution >= 4 is 17.7 Å². The normalized spacial score (nSPS) is 18.0. The van der Waals surface area contributed by atoms with Gasteiger partial charge in [0, 0.05) is 30.7 Å². The molecule has 1 heterocycles. The monoisotopic (exact) mass is 294 g/mol. The molecule has 114 valence electrons. The van der Waals surface area contributed by atoms with Gasteiger partial charge in [-0.3, -0.25) is 14.9 Å². The Hall–Kier alpha value is -2.28. The highest BCUT2D eigenvalue weighted by molar-refractivity contribution is 5.89. The van der Waals surface area contributed by atoms with Crippen LogP contribution in [-0.2, 0) is 4.84 Å². The summed E-state index contributed by atoms with van der Waals surface area (Å²) in [5.41, 5.74) is 1.75. The molecule has 21 heavy (non-hydrogen) atoms. The van der Waals surface area contributed by atoms with Crippen LogP contribution in [0, 0.1) is 16.0 Å². The molecule has 1 aromatic rings. The Morgan fingerprint density at radius 3 is 2.57 bits per heavy atom. The lowest BCUT2D eigenvalue weighted by molar-refractivity contribution is -0.384. The molecule has 1 aliphatic carbocycles. The first-order valence-electron chi connectivity index (χ1n) is 6.54. The van der Waals surface area contributed by atoms with Crippen molar-refractivity contribution in [3.8, 4) is 0 Å². The Balaban J connectivity index is 0.000000194. The minimum Gasteiger partial charge on any atom is -0.400 e. The van der Waals surface area contributed by atoms with Crippen molar-refractivity contribution < 1.29 is 19.7 Å². The van der Waals surface area contributed by atoms with Crippen LogP contribution in [0.1, 0.15) is 29.6 Å². The van der Waals surface area contributed by atoms with Gasteiger partial charge in [0.1, 0.15) is 12.9 Å². The van der Waals surface area contributed by atoms with E-state index in [1.807, 2.05) is 0 Å². The van der Waals surface area contributed by atoms with Crippen molar-refractivity contribution in [2.75, 3.05) is 13.7 Å². The average molecular weight is 294 g/mol. The number of hydrogen-bond acceptors (Lipinski definition) is 6. The minimum absolute atomic E-state index is 0.00407. The minimum atomic E-state index is -0.505. The van der Waals surface area contributed by atoms with Crippen molar-refractivity contribution in [2.45, 2.75) is 19.3 Å². The van der Waals surface area contributed by atoms with Crippen LogP contribution in [0.4, 0.5) is 5.69 Å². The van der Waals surface area contributed by atoms with Crippen LogP contribution < -0.4 is 0 Å². The molecular formula is C14H18N2O5. The van der Waals surface area contributed by atoms with Crippen molar-refractivity contribution in [1.82, 2.24) is 0 Å². The number of nitrogens with zero attached hydrogens (tertiary/aromatic N) is 2. The van der Waals surface area contributed by atoms with Gasteiger partial charge in [0.25, 0.3) is 5.69 Å². The molecule has 0 spiro atoms. The van der Waals surface area contributed by atoms with Gasteiger partial charge in [0.05, 0.1) is 10.6 Å². The van der Waals surface area contributed by atoms with Crippen LogP contribution in [-0.4, -0.2) is 35.7 Å². The van der Waals surface area contributed by atoms with Gasteiger partial charge < -0.3 is 9.94 Å². The maximum absolute atomic E-state index is 10.1. The molecule has 1 fully saturated rings. The topological polar surface area (TPSA) is 102 Å². The molecule has 1 aliphatic heterocycles. The SMILES string of the molecule is C1CC2=NOCC2C1.CO.O=Cc1ccc([N+](=O)[O-])cc1. The summed E-state index contributed by atoms with van der Waals surface area (Å²) < 4.78 is 0. The van der Waals surface area contributed by atoms with E-state index in [-0.39, 0.29) is 5.69 Å². The summed E-state index contributed by atoms with van der Waals surface area (Å²) in [4.78, 5) is 24.6. The van der Waals surface area contributed by atoms with Crippen molar-refractivity contribution in [2.24, 2.45) is 11.1 Å². The Morgan fingerprint density at radius 1 is 1.38 bits per heavy atom. The third-order valence-electron chi connectivity index (χ3n) is 3.15. The number of benzene rings is 1. The molecule has 1 unspecified atom stereocenters. The highest BCUT2D eigenvalue weighted by atomic mass is 16.6. The lowest BCUT2D eigenvalue weighted by atomic mass is 10.1. The molecule has 3 rings (SSSR count). The van der Waals surface area contributed by atoms with Crippen molar-refractivity contribution in [3.63, 3.8) is 0 Å². The summed E-state index contributed by atoms with van der Waals surface area (Å²) in [6, 6.07) is 5.41. The molecule has 1 N–H and O–H groups in total. The molecule has 1 aromatic carbocycles. The fourth-order valence-electron chi connectivity index (χ4n) is 2.08. The number of fused-ring (bicyclic) bond motifs is 1. The highest BCUT2D eigenvalue weighted by Gasteiger charge is 2.27. The van der Waals surface area contributed by atoms with Crippen LogP contribution >= 0.6 is 0 Å². The summed E-state index contributed by atoms with van der Waals surface area (Å²) in [5.74, 6) is 0.704. The highest BCUT2D eigenvalue weighted by Crippen LogP contribution is 2.26. The Kier molecular flexibility index (Phi) is 7.03. The first-order valence-corrected chi connectivity index (χ1v) is 6.54. The number of carbonyl (C=O) groups is 1. The molecular weight excluding hydrogens is 276 g/mol. The first-order chi connectivity index (χ1) is 10.2. The summed E-state index contributed by atoms with van der Waals surface area (Å²) in [5, 5.41) is 21.0. The zero-order chi connectivity index (χ0) is 15.7. The van der Waals surface area contributed by atoms with Crippen LogP contribution in [0.5, 0.6) is 0 Å². The quantitative estimate of drug-likeness (QED) is 0.511. The van der Waals surface area contributed by atoms with E-state index in [1.165, 1.54) is 49.2 Å². The molecule has 0 amide bonds. The molecule has 0 radical (unpaired) electrons. The number of aliphatic hydroxyl groups excluding tert-OH is 1. The Morgan fingerprint density at radius 2 is 2.05 bits per heavy atom. The van der Waals surface area contributed by atoms with E-state index in [0.717, 1.165) is 13.7 Å². The summed E-state index contributed by atoms with van der Waals surface area (Å²) >= 11 is 0. The van der Waals surface area contributed by atoms with E-state index in [0.29, 0.717) is 17.8 Å². The molecule has 7 heteroatoms. The fraction of sp³-hybridized carbons (Fsp3) is 0.429. The first kappa shape index (κ1) is 16.8. The van der Waals surface area contributed by atoms with Gasteiger partial charge in [0.15, 0.2) is 0 Å². The third-order valence-corrected chi connectivity index (χ3v) is 3.15. The number of nitro benzene ring substituents is 1. The van der Waals surface area contributed by atoms with E-state index in [1.54, 1.807) is 0 Å². The van der Waals surface area contributed by atoms with Gasteiger partial charge in [-0.05, 0) is 31.4 Å². The number of carbonyl (C=O) groups excluding carboxylic acids is 1. The molecule has 2 aliphatic rings. The second kappa shape index (κ2) is 8.80. The van der Waals surface area contributed by atoms with Gasteiger partial charge in [-0.15, -0.1) is 0 Å². The van der Waals surface area contributed by atoms with E-state index >= 15 is 0 Å². The lowest BCUT2D eigenvalue weighted by Gasteiger charge is -1.93. The Labute approximate surface area is 122 Å². The largest absolute Gasteiger partial charge is 0.400 e. The Bertz CT molecular complexity index is 499. The molecule has 0 saturated heterocycles. The average Bonchev–Trinajstić information content (AvgIpc) is 3.14. The van der Waals surface area contributed by atoms with E-state index < -0.39 is 4.92 Å². The number of nitro groups is 1. The molecule has 0 bridgehead atoms. The predicted octanol–water partition coefficient (Wildman–Crippen LogP) is 2.19. The summed E-state index contributed by atoms with van der Waals surface area (Å²) in [7, 11) is 1.00. The van der Waals surface area contributed by atoms with Gasteiger partial charge in [0.2, 0.25) is 0 Å². The van der Waals surface area contributed by atoms with E-state index in [9.17, 15) is 14.9 Å². The maximum Gasteiger partial charge on any atom is 0.269 e. The number of aldehydes is 1. The smallest absolute Gasteiger partial charge is 0.269 e. The molecule has 0 aromatic heterocycles. The fourth-order valence-corrected chi connectivity index (χ4v) is 2.08. The maximum atomic E-state index is 10.1. The van der Waals surface area contributed by atoms with Crippen LogP contribution in [0.25, 0.3) is 0 Å². The number of hydrogen-bond donors (Lipinski definition) is 1. The van der Waals surface area contributed by atoms with E-state index in [2.05, 4.69) is 5.16 Å². The number of non-ortho nitro benzene ring substituents is 1. The van der Waals surface area contributed by atoms with Gasteiger partial charge >= 0.3 is 0 Å². The number of oxime groups is 1. The van der Waals surface area contributed by atoms with E-state index in [4.69, 9.17) is 9.94 Å². The zero-order valence-electron chi connectivity index (χ0n) is 11.8. The van der Waals surface area contributed by atoms with Crippen molar-refractivity contribution in [3.05, 3.63) is 39.9 Å². The van der Waals surface area contributed by atoms with Crippen LogP contribution in [0.3, 0.4) is 0 Å². The second-order valence-electron chi connectivity index (χ2n) is 4.43. The number of aliphatic hydroxyl groups is 1. The third kappa shape index (κ3) is 4.96. The van der Waals surface area contributed by atoms with Gasteiger partial charge in [-0.1, -0.05) is 5.16 Å². The standard InChI is InChI=1S/C7H5NO3.C6H9NO.CH4O/c9-5-6-1-3-7(4-2-6)8(10)11;1-2-5-4-8-7-6(5)3-1;1-2/h1-5H;5H,1-4H2;2H,1H3. The zero-order valence-corrected chi connectivity index (χ0v) is 11.8. The van der Waals surface area contributed by atoms with Crippen LogP contribution in [0.2, 0.25) is 0 Å². The molecule has 1 saturated carbocycles. The molecule has 7 nitrogen and oxygen atoms in total.